The van der Waals surface area contributed by atoms with Crippen LogP contribution in [0.3, 0.4) is 0 Å². The van der Waals surface area contributed by atoms with E-state index in [1.165, 1.54) is 4.68 Å². The van der Waals surface area contributed by atoms with Gasteiger partial charge in [0.05, 0.1) is 4.92 Å². The highest BCUT2D eigenvalue weighted by Gasteiger charge is 2.22. The Kier molecular flexibility index (Phi) is 3.99. The van der Waals surface area contributed by atoms with E-state index in [-0.39, 0.29) is 18.1 Å². The Labute approximate surface area is 138 Å². The van der Waals surface area contributed by atoms with Crippen LogP contribution in [0.25, 0.3) is 10.8 Å². The molecule has 0 spiro atoms. The monoisotopic (exact) mass is 324 g/mol. The number of nitro groups is 1. The smallest absolute Gasteiger partial charge is 0.312 e. The zero-order valence-electron chi connectivity index (χ0n) is 13.3. The lowest BCUT2D eigenvalue weighted by Crippen LogP contribution is -2.20. The number of amides is 1. The van der Waals surface area contributed by atoms with Crippen LogP contribution in [0, 0.1) is 24.0 Å². The van der Waals surface area contributed by atoms with Gasteiger partial charge >= 0.3 is 5.69 Å². The molecule has 7 heteroatoms. The summed E-state index contributed by atoms with van der Waals surface area (Å²) in [4.78, 5) is 22.9. The maximum Gasteiger partial charge on any atom is 0.312 e. The van der Waals surface area contributed by atoms with Crippen molar-refractivity contribution in [3.05, 3.63) is 64.0 Å². The standard InChI is InChI=1S/C17H16N4O3/c1-11-17(21(23)24)12(2)20(19-11)10-16(22)18-15-9-5-7-13-6-3-4-8-14(13)15/h3-9H,10H2,1-2H3,(H,18,22). The number of nitrogens with one attached hydrogen (secondary N) is 1. The number of nitrogens with zero attached hydrogens (tertiary/aromatic N) is 3. The fraction of sp³-hybridized carbons (Fsp3) is 0.176. The molecule has 0 saturated heterocycles. The Morgan fingerprint density at radius 2 is 1.92 bits per heavy atom. The quantitative estimate of drug-likeness (QED) is 0.589. The number of hydrogen-bond donors (Lipinski definition) is 1. The molecule has 1 heterocycles. The zero-order valence-corrected chi connectivity index (χ0v) is 13.3. The van der Waals surface area contributed by atoms with E-state index in [9.17, 15) is 14.9 Å². The summed E-state index contributed by atoms with van der Waals surface area (Å²) in [5, 5.41) is 19.9. The van der Waals surface area contributed by atoms with Crippen molar-refractivity contribution in [3.63, 3.8) is 0 Å². The molecule has 0 unspecified atom stereocenters. The summed E-state index contributed by atoms with van der Waals surface area (Å²) in [5.74, 6) is -0.285. The van der Waals surface area contributed by atoms with E-state index in [1.54, 1.807) is 13.8 Å². The number of hydrogen-bond acceptors (Lipinski definition) is 4. The van der Waals surface area contributed by atoms with Crippen LogP contribution in [0.1, 0.15) is 11.4 Å². The van der Waals surface area contributed by atoms with Crippen molar-refractivity contribution >= 4 is 28.1 Å². The van der Waals surface area contributed by atoms with Crippen LogP contribution in [0.5, 0.6) is 0 Å². The zero-order chi connectivity index (χ0) is 17.3. The topological polar surface area (TPSA) is 90.1 Å². The molecule has 0 radical (unpaired) electrons. The minimum Gasteiger partial charge on any atom is -0.324 e. The van der Waals surface area contributed by atoms with Crippen molar-refractivity contribution in [2.45, 2.75) is 20.4 Å². The predicted octanol–water partition coefficient (Wildman–Crippen LogP) is 3.20. The molecule has 0 atom stereocenters. The molecule has 1 N–H and O–H groups in total. The highest BCUT2D eigenvalue weighted by atomic mass is 16.6. The molecule has 3 rings (SSSR count). The second kappa shape index (κ2) is 6.11. The first kappa shape index (κ1) is 15.7. The number of carbonyl (C=O) groups is 1. The van der Waals surface area contributed by atoms with Gasteiger partial charge in [-0.25, -0.2) is 0 Å². The van der Waals surface area contributed by atoms with Crippen molar-refractivity contribution < 1.29 is 9.72 Å². The largest absolute Gasteiger partial charge is 0.324 e. The molecular formula is C17H16N4O3. The van der Waals surface area contributed by atoms with E-state index in [0.29, 0.717) is 17.1 Å². The lowest BCUT2D eigenvalue weighted by Gasteiger charge is -2.09. The van der Waals surface area contributed by atoms with Crippen LogP contribution in [0.15, 0.2) is 42.5 Å². The van der Waals surface area contributed by atoms with Gasteiger partial charge in [0, 0.05) is 11.1 Å². The first-order valence-electron chi connectivity index (χ1n) is 7.43. The Morgan fingerprint density at radius 3 is 2.62 bits per heavy atom. The van der Waals surface area contributed by atoms with Gasteiger partial charge in [0.15, 0.2) is 0 Å². The van der Waals surface area contributed by atoms with E-state index in [4.69, 9.17) is 0 Å². The summed E-state index contributed by atoms with van der Waals surface area (Å²) in [7, 11) is 0. The number of rotatable bonds is 4. The maximum atomic E-state index is 12.3. The third-order valence-corrected chi connectivity index (χ3v) is 3.88. The molecule has 122 valence electrons. The van der Waals surface area contributed by atoms with Gasteiger partial charge in [0.1, 0.15) is 17.9 Å². The molecule has 0 bridgehead atoms. The summed E-state index contributed by atoms with van der Waals surface area (Å²) in [6.45, 7) is 3.07. The van der Waals surface area contributed by atoms with Gasteiger partial charge in [-0.2, -0.15) is 5.10 Å². The number of benzene rings is 2. The minimum absolute atomic E-state index is 0.0482. The molecule has 0 aliphatic carbocycles. The van der Waals surface area contributed by atoms with Crippen molar-refractivity contribution in [2.75, 3.05) is 5.32 Å². The highest BCUT2D eigenvalue weighted by Crippen LogP contribution is 2.24. The Morgan fingerprint density at radius 1 is 1.21 bits per heavy atom. The normalized spacial score (nSPS) is 10.8. The Bertz CT molecular complexity index is 941. The van der Waals surface area contributed by atoms with Crippen molar-refractivity contribution in [1.82, 2.24) is 9.78 Å². The molecule has 1 amide bonds. The van der Waals surface area contributed by atoms with E-state index in [0.717, 1.165) is 10.8 Å². The van der Waals surface area contributed by atoms with Gasteiger partial charge in [-0.1, -0.05) is 36.4 Å². The van der Waals surface area contributed by atoms with Crippen LogP contribution in [0.4, 0.5) is 11.4 Å². The average Bonchev–Trinajstić information content (AvgIpc) is 2.81. The van der Waals surface area contributed by atoms with Gasteiger partial charge in [0.2, 0.25) is 5.91 Å². The lowest BCUT2D eigenvalue weighted by atomic mass is 10.1. The van der Waals surface area contributed by atoms with Crippen molar-refractivity contribution in [1.29, 1.82) is 0 Å². The first-order valence-corrected chi connectivity index (χ1v) is 7.43. The van der Waals surface area contributed by atoms with Gasteiger partial charge in [0.25, 0.3) is 0 Å². The summed E-state index contributed by atoms with van der Waals surface area (Å²) in [6, 6.07) is 13.4. The molecule has 0 saturated carbocycles. The summed E-state index contributed by atoms with van der Waals surface area (Å²) in [5.41, 5.74) is 1.32. The third kappa shape index (κ3) is 2.83. The predicted molar refractivity (Wildman–Crippen MR) is 90.9 cm³/mol. The van der Waals surface area contributed by atoms with E-state index >= 15 is 0 Å². The average molecular weight is 324 g/mol. The van der Waals surface area contributed by atoms with Gasteiger partial charge in [-0.3, -0.25) is 19.6 Å². The van der Waals surface area contributed by atoms with Gasteiger partial charge in [-0.05, 0) is 25.3 Å². The second-order valence-electron chi connectivity index (χ2n) is 5.51. The van der Waals surface area contributed by atoms with Crippen LogP contribution >= 0.6 is 0 Å². The highest BCUT2D eigenvalue weighted by molar-refractivity contribution is 6.02. The van der Waals surface area contributed by atoms with Gasteiger partial charge in [-0.15, -0.1) is 0 Å². The second-order valence-corrected chi connectivity index (χ2v) is 5.51. The number of anilines is 1. The molecule has 0 aliphatic rings. The molecule has 24 heavy (non-hydrogen) atoms. The van der Waals surface area contributed by atoms with Crippen LogP contribution in [-0.4, -0.2) is 20.6 Å². The van der Waals surface area contributed by atoms with E-state index in [2.05, 4.69) is 10.4 Å². The third-order valence-electron chi connectivity index (χ3n) is 3.88. The molecule has 1 aromatic heterocycles. The van der Waals surface area contributed by atoms with E-state index in [1.807, 2.05) is 42.5 Å². The van der Waals surface area contributed by atoms with Crippen LogP contribution < -0.4 is 5.32 Å². The van der Waals surface area contributed by atoms with Crippen molar-refractivity contribution in [3.8, 4) is 0 Å². The van der Waals surface area contributed by atoms with Crippen molar-refractivity contribution in [2.24, 2.45) is 0 Å². The molecule has 0 fully saturated rings. The fourth-order valence-electron chi connectivity index (χ4n) is 2.77. The summed E-state index contributed by atoms with van der Waals surface area (Å²) >= 11 is 0. The number of aromatic nitrogens is 2. The Balaban J connectivity index is 1.84. The summed E-state index contributed by atoms with van der Waals surface area (Å²) < 4.78 is 1.36. The molecule has 7 nitrogen and oxygen atoms in total. The number of carbonyl (C=O) groups excluding carboxylic acids is 1. The first-order chi connectivity index (χ1) is 11.5. The van der Waals surface area contributed by atoms with Gasteiger partial charge < -0.3 is 5.32 Å². The van der Waals surface area contributed by atoms with Crippen LogP contribution in [-0.2, 0) is 11.3 Å². The Hall–Kier alpha value is -3.22. The molecular weight excluding hydrogens is 308 g/mol. The van der Waals surface area contributed by atoms with E-state index < -0.39 is 4.92 Å². The SMILES string of the molecule is Cc1nn(CC(=O)Nc2cccc3ccccc23)c(C)c1[N+](=O)[O-]. The minimum atomic E-state index is -0.475. The molecule has 2 aromatic carbocycles. The molecule has 0 aliphatic heterocycles. The number of fused-ring (bicyclic) bond motifs is 1. The van der Waals surface area contributed by atoms with Crippen LogP contribution in [0.2, 0.25) is 0 Å². The maximum absolute atomic E-state index is 12.3. The summed E-state index contributed by atoms with van der Waals surface area (Å²) in [6.07, 6.45) is 0. The molecule has 3 aromatic rings. The number of aryl methyl sites for hydroxylation is 1. The fourth-order valence-corrected chi connectivity index (χ4v) is 2.77. The lowest BCUT2D eigenvalue weighted by molar-refractivity contribution is -0.386.